The quantitative estimate of drug-likeness (QED) is 0.767. The molecule has 1 aliphatic rings. The van der Waals surface area contributed by atoms with Gasteiger partial charge in [0.1, 0.15) is 6.04 Å². The molecular weight excluding hydrogens is 306 g/mol. The third-order valence-corrected chi connectivity index (χ3v) is 4.46. The highest BCUT2D eigenvalue weighted by Gasteiger charge is 2.31. The zero-order valence-electron chi connectivity index (χ0n) is 14.3. The largest absolute Gasteiger partial charge is 0.480 e. The molecule has 0 saturated carbocycles. The van der Waals surface area contributed by atoms with Crippen LogP contribution < -0.4 is 5.32 Å². The van der Waals surface area contributed by atoms with E-state index >= 15 is 0 Å². The van der Waals surface area contributed by atoms with E-state index in [1.54, 1.807) is 0 Å². The SMILES string of the molecule is CCCCc1ccc(CC(=O)NC(C(=O)O)C2CCCOC2)cc1. The second-order valence-corrected chi connectivity index (χ2v) is 6.46. The third-order valence-electron chi connectivity index (χ3n) is 4.46. The molecule has 2 N–H and O–H groups in total. The van der Waals surface area contributed by atoms with E-state index in [0.29, 0.717) is 13.2 Å². The van der Waals surface area contributed by atoms with Crippen LogP contribution in [0.15, 0.2) is 24.3 Å². The molecule has 24 heavy (non-hydrogen) atoms. The Morgan fingerprint density at radius 3 is 2.58 bits per heavy atom. The van der Waals surface area contributed by atoms with Crippen molar-refractivity contribution in [2.75, 3.05) is 13.2 Å². The Kier molecular flexibility index (Phi) is 7.25. The van der Waals surface area contributed by atoms with Crippen LogP contribution in [0.25, 0.3) is 0 Å². The van der Waals surface area contributed by atoms with E-state index in [2.05, 4.69) is 12.2 Å². The van der Waals surface area contributed by atoms with Gasteiger partial charge in [-0.15, -0.1) is 0 Å². The zero-order valence-corrected chi connectivity index (χ0v) is 14.3. The summed E-state index contributed by atoms with van der Waals surface area (Å²) in [5, 5.41) is 12.1. The van der Waals surface area contributed by atoms with E-state index < -0.39 is 12.0 Å². The fraction of sp³-hybridized carbons (Fsp3) is 0.579. The van der Waals surface area contributed by atoms with Gasteiger partial charge in [0.05, 0.1) is 13.0 Å². The number of unbranched alkanes of at least 4 members (excludes halogenated alkanes) is 1. The molecule has 0 aliphatic carbocycles. The minimum Gasteiger partial charge on any atom is -0.480 e. The third kappa shape index (κ3) is 5.64. The average Bonchev–Trinajstić information content (AvgIpc) is 2.59. The molecule has 1 aliphatic heterocycles. The van der Waals surface area contributed by atoms with Crippen molar-refractivity contribution in [3.63, 3.8) is 0 Å². The summed E-state index contributed by atoms with van der Waals surface area (Å²) in [5.41, 5.74) is 2.17. The van der Waals surface area contributed by atoms with Gasteiger partial charge in [0.15, 0.2) is 0 Å². The summed E-state index contributed by atoms with van der Waals surface area (Å²) in [7, 11) is 0. The lowest BCUT2D eigenvalue weighted by Gasteiger charge is -2.28. The summed E-state index contributed by atoms with van der Waals surface area (Å²) < 4.78 is 5.34. The monoisotopic (exact) mass is 333 g/mol. The fourth-order valence-corrected chi connectivity index (χ4v) is 3.02. The van der Waals surface area contributed by atoms with Crippen molar-refractivity contribution in [2.24, 2.45) is 5.92 Å². The number of aryl methyl sites for hydroxylation is 1. The molecule has 1 saturated heterocycles. The highest BCUT2D eigenvalue weighted by atomic mass is 16.5. The van der Waals surface area contributed by atoms with Crippen LogP contribution in [0.2, 0.25) is 0 Å². The summed E-state index contributed by atoms with van der Waals surface area (Å²) >= 11 is 0. The summed E-state index contributed by atoms with van der Waals surface area (Å²) in [6, 6.07) is 7.11. The van der Waals surface area contributed by atoms with Crippen LogP contribution in [-0.4, -0.2) is 36.2 Å². The van der Waals surface area contributed by atoms with Crippen molar-refractivity contribution in [1.82, 2.24) is 5.32 Å². The molecule has 5 heteroatoms. The molecular formula is C19H27NO4. The molecule has 2 atom stereocenters. The van der Waals surface area contributed by atoms with Gasteiger partial charge in [-0.1, -0.05) is 37.6 Å². The number of hydrogen-bond acceptors (Lipinski definition) is 3. The standard InChI is InChI=1S/C19H27NO4/c1-2-3-5-14-7-9-15(10-8-14)12-17(21)20-18(19(22)23)16-6-4-11-24-13-16/h7-10,16,18H,2-6,11-13H2,1H3,(H,20,21)(H,22,23). The Morgan fingerprint density at radius 2 is 2.00 bits per heavy atom. The van der Waals surface area contributed by atoms with Crippen LogP contribution in [0.3, 0.4) is 0 Å². The van der Waals surface area contributed by atoms with Gasteiger partial charge in [-0.3, -0.25) is 4.79 Å². The average molecular weight is 333 g/mol. The number of benzene rings is 1. The lowest BCUT2D eigenvalue weighted by atomic mass is 9.93. The number of aliphatic carboxylic acids is 1. The second-order valence-electron chi connectivity index (χ2n) is 6.46. The normalized spacial score (nSPS) is 18.8. The van der Waals surface area contributed by atoms with Crippen molar-refractivity contribution in [1.29, 1.82) is 0 Å². The van der Waals surface area contributed by atoms with Crippen molar-refractivity contribution >= 4 is 11.9 Å². The Bertz CT molecular complexity index is 535. The van der Waals surface area contributed by atoms with Gasteiger partial charge < -0.3 is 15.2 Å². The smallest absolute Gasteiger partial charge is 0.326 e. The predicted molar refractivity (Wildman–Crippen MR) is 91.9 cm³/mol. The second kappa shape index (κ2) is 9.42. The van der Waals surface area contributed by atoms with E-state index in [0.717, 1.165) is 37.7 Å². The van der Waals surface area contributed by atoms with E-state index in [1.165, 1.54) is 5.56 Å². The number of carboxylic acids is 1. The van der Waals surface area contributed by atoms with Gasteiger partial charge in [0.25, 0.3) is 0 Å². The van der Waals surface area contributed by atoms with Crippen LogP contribution in [0, 0.1) is 5.92 Å². The summed E-state index contributed by atoms with van der Waals surface area (Å²) in [6.07, 6.45) is 5.17. The lowest BCUT2D eigenvalue weighted by molar-refractivity contribution is -0.145. The van der Waals surface area contributed by atoms with Gasteiger partial charge in [-0.2, -0.15) is 0 Å². The number of nitrogens with one attached hydrogen (secondary N) is 1. The first-order valence-corrected chi connectivity index (χ1v) is 8.78. The molecule has 0 aromatic heterocycles. The summed E-state index contributed by atoms with van der Waals surface area (Å²) in [4.78, 5) is 23.7. The molecule has 0 bridgehead atoms. The van der Waals surface area contributed by atoms with Gasteiger partial charge in [0, 0.05) is 12.5 Å². The van der Waals surface area contributed by atoms with Gasteiger partial charge >= 0.3 is 5.97 Å². The van der Waals surface area contributed by atoms with E-state index in [9.17, 15) is 14.7 Å². The molecule has 0 radical (unpaired) electrons. The predicted octanol–water partition coefficient (Wildman–Crippen LogP) is 2.57. The number of hydrogen-bond donors (Lipinski definition) is 2. The topological polar surface area (TPSA) is 75.6 Å². The van der Waals surface area contributed by atoms with Crippen LogP contribution >= 0.6 is 0 Å². The number of carboxylic acid groups (broad SMARTS) is 1. The maximum absolute atomic E-state index is 12.2. The first-order valence-electron chi connectivity index (χ1n) is 8.78. The van der Waals surface area contributed by atoms with Gasteiger partial charge in [-0.05, 0) is 36.8 Å². The van der Waals surface area contributed by atoms with Crippen molar-refractivity contribution in [3.05, 3.63) is 35.4 Å². The van der Waals surface area contributed by atoms with Crippen LogP contribution in [0.1, 0.15) is 43.7 Å². The maximum Gasteiger partial charge on any atom is 0.326 e. The highest BCUT2D eigenvalue weighted by molar-refractivity contribution is 5.85. The first-order chi connectivity index (χ1) is 11.6. The Morgan fingerprint density at radius 1 is 1.29 bits per heavy atom. The molecule has 1 fully saturated rings. The molecule has 1 heterocycles. The molecule has 2 unspecified atom stereocenters. The molecule has 5 nitrogen and oxygen atoms in total. The van der Waals surface area contributed by atoms with Gasteiger partial charge in [-0.25, -0.2) is 4.79 Å². The molecule has 1 aromatic rings. The Balaban J connectivity index is 1.89. The molecule has 1 aromatic carbocycles. The zero-order chi connectivity index (χ0) is 17.4. The fourth-order valence-electron chi connectivity index (χ4n) is 3.02. The first kappa shape index (κ1) is 18.5. The minimum atomic E-state index is -0.992. The lowest BCUT2D eigenvalue weighted by Crippen LogP contribution is -2.48. The number of rotatable bonds is 8. The number of ether oxygens (including phenoxy) is 1. The van der Waals surface area contributed by atoms with E-state index in [-0.39, 0.29) is 18.2 Å². The molecule has 2 rings (SSSR count). The van der Waals surface area contributed by atoms with Crippen LogP contribution in [0.4, 0.5) is 0 Å². The van der Waals surface area contributed by atoms with Crippen LogP contribution in [-0.2, 0) is 27.2 Å². The summed E-state index contributed by atoms with van der Waals surface area (Å²) in [6.45, 7) is 3.22. The molecule has 0 spiro atoms. The summed E-state index contributed by atoms with van der Waals surface area (Å²) in [5.74, 6) is -1.40. The number of amides is 1. The van der Waals surface area contributed by atoms with Crippen molar-refractivity contribution in [3.8, 4) is 0 Å². The maximum atomic E-state index is 12.2. The van der Waals surface area contributed by atoms with E-state index in [1.807, 2.05) is 24.3 Å². The molecule has 1 amide bonds. The minimum absolute atomic E-state index is 0.156. The Labute approximate surface area is 143 Å². The van der Waals surface area contributed by atoms with Crippen molar-refractivity contribution in [2.45, 2.75) is 51.5 Å². The number of carbonyl (C=O) groups is 2. The van der Waals surface area contributed by atoms with Crippen LogP contribution in [0.5, 0.6) is 0 Å². The Hall–Kier alpha value is -1.88. The molecule has 132 valence electrons. The van der Waals surface area contributed by atoms with E-state index in [4.69, 9.17) is 4.74 Å². The number of carbonyl (C=O) groups excluding carboxylic acids is 1. The van der Waals surface area contributed by atoms with Crippen molar-refractivity contribution < 1.29 is 19.4 Å². The van der Waals surface area contributed by atoms with Gasteiger partial charge in [0.2, 0.25) is 5.91 Å². The highest BCUT2D eigenvalue weighted by Crippen LogP contribution is 2.18.